The largest absolute Gasteiger partial charge is 0.497 e. The molecule has 1 N–H and O–H groups in total. The fraction of sp³-hybridized carbons (Fsp3) is 0.130. The molecule has 0 atom stereocenters. The van der Waals surface area contributed by atoms with Crippen molar-refractivity contribution >= 4 is 17.7 Å². The van der Waals surface area contributed by atoms with Crippen LogP contribution in [0.4, 0.5) is 5.69 Å². The van der Waals surface area contributed by atoms with Crippen molar-refractivity contribution in [1.82, 2.24) is 4.57 Å². The van der Waals surface area contributed by atoms with E-state index in [0.29, 0.717) is 12.3 Å². The summed E-state index contributed by atoms with van der Waals surface area (Å²) in [6.45, 7) is 2.48. The molecule has 0 saturated heterocycles. The third kappa shape index (κ3) is 5.05. The second kappa shape index (κ2) is 9.29. The van der Waals surface area contributed by atoms with Crippen molar-refractivity contribution in [3.8, 4) is 23.3 Å². The first-order chi connectivity index (χ1) is 14.1. The molecule has 1 heterocycles. The topological polar surface area (TPSA) is 76.3 Å². The Hall–Kier alpha value is -3.98. The van der Waals surface area contributed by atoms with Crippen LogP contribution in [0, 0.1) is 11.3 Å². The Kier molecular flexibility index (Phi) is 6.33. The molecule has 0 aliphatic carbocycles. The van der Waals surface area contributed by atoms with Gasteiger partial charge in [0, 0.05) is 23.8 Å². The normalized spacial score (nSPS) is 10.9. The minimum Gasteiger partial charge on any atom is -0.497 e. The van der Waals surface area contributed by atoms with E-state index in [1.807, 2.05) is 60.3 Å². The standard InChI is InChI=1S/C23H21N3O3/c1-3-29-22-8-4-19(5-9-22)25-23(27)18(15-24)14-17-12-13-26(16-17)20-6-10-21(28-2)11-7-20/h4-14,16H,3H2,1-2H3,(H,25,27)/b18-14+. The number of aromatic nitrogens is 1. The Morgan fingerprint density at radius 1 is 1.10 bits per heavy atom. The molecule has 0 aliphatic rings. The third-order valence-electron chi connectivity index (χ3n) is 4.19. The maximum atomic E-state index is 12.5. The first-order valence-corrected chi connectivity index (χ1v) is 9.11. The number of rotatable bonds is 7. The molecule has 0 aliphatic heterocycles. The molecule has 1 aromatic heterocycles. The van der Waals surface area contributed by atoms with Gasteiger partial charge in [0.25, 0.3) is 5.91 Å². The van der Waals surface area contributed by atoms with Gasteiger partial charge in [-0.05, 0) is 73.2 Å². The molecule has 3 aromatic rings. The van der Waals surface area contributed by atoms with Crippen molar-refractivity contribution in [2.75, 3.05) is 19.0 Å². The highest BCUT2D eigenvalue weighted by atomic mass is 16.5. The zero-order valence-corrected chi connectivity index (χ0v) is 16.3. The first kappa shape index (κ1) is 19.8. The van der Waals surface area contributed by atoms with Crippen molar-refractivity contribution in [3.05, 3.63) is 78.1 Å². The number of carbonyl (C=O) groups excluding carboxylic acids is 1. The van der Waals surface area contributed by atoms with Crippen LogP contribution in [0.25, 0.3) is 11.8 Å². The van der Waals surface area contributed by atoms with E-state index >= 15 is 0 Å². The van der Waals surface area contributed by atoms with Crippen LogP contribution in [-0.4, -0.2) is 24.2 Å². The number of nitriles is 1. The quantitative estimate of drug-likeness (QED) is 0.481. The summed E-state index contributed by atoms with van der Waals surface area (Å²) >= 11 is 0. The first-order valence-electron chi connectivity index (χ1n) is 9.11. The molecule has 0 fully saturated rings. The van der Waals surface area contributed by atoms with Crippen molar-refractivity contribution in [3.63, 3.8) is 0 Å². The summed E-state index contributed by atoms with van der Waals surface area (Å²) in [6, 6.07) is 18.4. The van der Waals surface area contributed by atoms with E-state index in [4.69, 9.17) is 9.47 Å². The van der Waals surface area contributed by atoms with Crippen molar-refractivity contribution in [2.45, 2.75) is 6.92 Å². The number of nitrogens with one attached hydrogen (secondary N) is 1. The predicted molar refractivity (Wildman–Crippen MR) is 112 cm³/mol. The Morgan fingerprint density at radius 3 is 2.41 bits per heavy atom. The average Bonchev–Trinajstić information content (AvgIpc) is 3.22. The molecule has 2 aromatic carbocycles. The molecular formula is C23H21N3O3. The van der Waals surface area contributed by atoms with Crippen molar-refractivity contribution in [1.29, 1.82) is 5.26 Å². The summed E-state index contributed by atoms with van der Waals surface area (Å²) in [5, 5.41) is 12.1. The summed E-state index contributed by atoms with van der Waals surface area (Å²) in [7, 11) is 1.62. The third-order valence-corrected chi connectivity index (χ3v) is 4.19. The Bertz CT molecular complexity index is 1040. The maximum Gasteiger partial charge on any atom is 0.266 e. The zero-order chi connectivity index (χ0) is 20.6. The van der Waals surface area contributed by atoms with Gasteiger partial charge in [0.2, 0.25) is 0 Å². The minimum atomic E-state index is -0.464. The lowest BCUT2D eigenvalue weighted by atomic mass is 10.2. The Balaban J connectivity index is 1.72. The van der Waals surface area contributed by atoms with Crippen LogP contribution in [0.3, 0.4) is 0 Å². The SMILES string of the molecule is CCOc1ccc(NC(=O)/C(C#N)=C/c2ccn(-c3ccc(OC)cc3)c2)cc1. The molecule has 0 spiro atoms. The molecule has 0 saturated carbocycles. The van der Waals surface area contributed by atoms with Gasteiger partial charge >= 0.3 is 0 Å². The van der Waals surface area contributed by atoms with Gasteiger partial charge in [0.05, 0.1) is 13.7 Å². The lowest BCUT2D eigenvalue weighted by molar-refractivity contribution is -0.112. The number of hydrogen-bond acceptors (Lipinski definition) is 4. The van der Waals surface area contributed by atoms with Gasteiger partial charge in [-0.1, -0.05) is 0 Å². The molecule has 0 unspecified atom stereocenters. The number of nitrogens with zero attached hydrogens (tertiary/aromatic N) is 2. The van der Waals surface area contributed by atoms with Crippen LogP contribution in [-0.2, 0) is 4.79 Å². The molecule has 6 nitrogen and oxygen atoms in total. The van der Waals surface area contributed by atoms with Gasteiger partial charge in [-0.25, -0.2) is 0 Å². The summed E-state index contributed by atoms with van der Waals surface area (Å²) in [6.07, 6.45) is 5.28. The predicted octanol–water partition coefficient (Wildman–Crippen LogP) is 4.43. The Labute approximate surface area is 169 Å². The second-order valence-electron chi connectivity index (χ2n) is 6.13. The van der Waals surface area contributed by atoms with Crippen LogP contribution in [0.15, 0.2) is 72.6 Å². The second-order valence-corrected chi connectivity index (χ2v) is 6.13. The molecule has 1 amide bonds. The van der Waals surface area contributed by atoms with Gasteiger partial charge in [-0.3, -0.25) is 4.79 Å². The van der Waals surface area contributed by atoms with Crippen LogP contribution >= 0.6 is 0 Å². The van der Waals surface area contributed by atoms with Crippen LogP contribution in [0.5, 0.6) is 11.5 Å². The molecule has 6 heteroatoms. The highest BCUT2D eigenvalue weighted by Gasteiger charge is 2.10. The number of carbonyl (C=O) groups is 1. The number of amides is 1. The summed E-state index contributed by atoms with van der Waals surface area (Å²) in [5.41, 5.74) is 2.31. The molecule has 3 rings (SSSR count). The van der Waals surface area contributed by atoms with E-state index in [9.17, 15) is 10.1 Å². The van der Waals surface area contributed by atoms with Gasteiger partial charge in [-0.2, -0.15) is 5.26 Å². The van der Waals surface area contributed by atoms with Gasteiger partial charge in [0.15, 0.2) is 0 Å². The van der Waals surface area contributed by atoms with E-state index in [1.54, 1.807) is 37.5 Å². The monoisotopic (exact) mass is 387 g/mol. The van der Waals surface area contributed by atoms with Crippen LogP contribution in [0.1, 0.15) is 12.5 Å². The molecule has 29 heavy (non-hydrogen) atoms. The Morgan fingerprint density at radius 2 is 1.79 bits per heavy atom. The van der Waals surface area contributed by atoms with E-state index in [2.05, 4.69) is 5.32 Å². The number of methoxy groups -OCH3 is 1. The smallest absolute Gasteiger partial charge is 0.266 e. The van der Waals surface area contributed by atoms with Gasteiger partial charge in [-0.15, -0.1) is 0 Å². The summed E-state index contributed by atoms with van der Waals surface area (Å²) in [4.78, 5) is 12.5. The lowest BCUT2D eigenvalue weighted by Crippen LogP contribution is -2.13. The number of benzene rings is 2. The van der Waals surface area contributed by atoms with Crippen LogP contribution < -0.4 is 14.8 Å². The van der Waals surface area contributed by atoms with Gasteiger partial charge < -0.3 is 19.4 Å². The van der Waals surface area contributed by atoms with E-state index in [-0.39, 0.29) is 5.57 Å². The van der Waals surface area contributed by atoms with E-state index in [0.717, 1.165) is 22.7 Å². The fourth-order valence-corrected chi connectivity index (χ4v) is 2.73. The van der Waals surface area contributed by atoms with Gasteiger partial charge in [0.1, 0.15) is 23.1 Å². The maximum absolute atomic E-state index is 12.5. The highest BCUT2D eigenvalue weighted by Crippen LogP contribution is 2.19. The minimum absolute atomic E-state index is 0.0198. The molecule has 0 radical (unpaired) electrons. The van der Waals surface area contributed by atoms with E-state index in [1.165, 1.54) is 0 Å². The molecule has 146 valence electrons. The fourth-order valence-electron chi connectivity index (χ4n) is 2.73. The van der Waals surface area contributed by atoms with Crippen molar-refractivity contribution < 1.29 is 14.3 Å². The van der Waals surface area contributed by atoms with Crippen LogP contribution in [0.2, 0.25) is 0 Å². The summed E-state index contributed by atoms with van der Waals surface area (Å²) < 4.78 is 12.5. The molecular weight excluding hydrogens is 366 g/mol. The number of ether oxygens (including phenoxy) is 2. The lowest BCUT2D eigenvalue weighted by Gasteiger charge is -2.06. The average molecular weight is 387 g/mol. The highest BCUT2D eigenvalue weighted by molar-refractivity contribution is 6.09. The van der Waals surface area contributed by atoms with Crippen molar-refractivity contribution in [2.24, 2.45) is 0 Å². The summed E-state index contributed by atoms with van der Waals surface area (Å²) in [5.74, 6) is 1.04. The van der Waals surface area contributed by atoms with E-state index < -0.39 is 5.91 Å². The number of anilines is 1. The molecule has 0 bridgehead atoms. The zero-order valence-electron chi connectivity index (χ0n) is 16.3. The number of hydrogen-bond donors (Lipinski definition) is 1.